The molecule has 88 valence electrons. The van der Waals surface area contributed by atoms with Crippen molar-refractivity contribution in [3.63, 3.8) is 0 Å². The molecule has 1 heterocycles. The van der Waals surface area contributed by atoms with Gasteiger partial charge in [0.25, 0.3) is 0 Å². The molecule has 0 radical (unpaired) electrons. The lowest BCUT2D eigenvalue weighted by atomic mass is 9.96. The minimum absolute atomic E-state index is 0.364. The number of rotatable bonds is 4. The van der Waals surface area contributed by atoms with Crippen molar-refractivity contribution >= 4 is 5.82 Å². The minimum Gasteiger partial charge on any atom is -0.474 e. The van der Waals surface area contributed by atoms with Crippen molar-refractivity contribution in [2.24, 2.45) is 0 Å². The minimum atomic E-state index is 0.364. The molecule has 1 aliphatic carbocycles. The Kier molecular flexibility index (Phi) is 3.27. The summed E-state index contributed by atoms with van der Waals surface area (Å²) in [6.07, 6.45) is 4.77. The summed E-state index contributed by atoms with van der Waals surface area (Å²) >= 11 is 0. The fraction of sp³-hybridized carbons (Fsp3) is 0.667. The summed E-state index contributed by atoms with van der Waals surface area (Å²) < 4.78 is 5.87. The summed E-state index contributed by atoms with van der Waals surface area (Å²) in [7, 11) is 1.88. The predicted molar refractivity (Wildman–Crippen MR) is 64.0 cm³/mol. The van der Waals surface area contributed by atoms with E-state index in [1.165, 1.54) is 6.42 Å². The van der Waals surface area contributed by atoms with Gasteiger partial charge in [0.15, 0.2) is 0 Å². The van der Waals surface area contributed by atoms with Crippen LogP contribution in [0.3, 0.4) is 0 Å². The Labute approximate surface area is 96.4 Å². The molecule has 4 heteroatoms. The van der Waals surface area contributed by atoms with Gasteiger partial charge in [-0.15, -0.1) is 0 Å². The van der Waals surface area contributed by atoms with E-state index in [1.807, 2.05) is 14.0 Å². The molecule has 1 aromatic heterocycles. The number of hydrogen-bond donors (Lipinski definition) is 1. The number of nitrogens with one attached hydrogen (secondary N) is 1. The van der Waals surface area contributed by atoms with Crippen LogP contribution in [-0.4, -0.2) is 23.1 Å². The number of ether oxygens (including phenoxy) is 1. The summed E-state index contributed by atoms with van der Waals surface area (Å²) in [6, 6.07) is 0. The Hall–Kier alpha value is -1.32. The zero-order chi connectivity index (χ0) is 11.5. The van der Waals surface area contributed by atoms with Crippen molar-refractivity contribution in [2.45, 2.75) is 45.6 Å². The van der Waals surface area contributed by atoms with E-state index in [1.54, 1.807) is 0 Å². The van der Waals surface area contributed by atoms with E-state index in [0.29, 0.717) is 6.10 Å². The molecule has 1 N–H and O–H groups in total. The Bertz CT molecular complexity index is 375. The summed E-state index contributed by atoms with van der Waals surface area (Å²) in [6.45, 7) is 4.05. The first-order chi connectivity index (χ1) is 7.74. The van der Waals surface area contributed by atoms with Crippen LogP contribution in [0.2, 0.25) is 0 Å². The number of aromatic nitrogens is 2. The second-order valence-electron chi connectivity index (χ2n) is 4.19. The Morgan fingerprint density at radius 3 is 2.62 bits per heavy atom. The van der Waals surface area contributed by atoms with Gasteiger partial charge in [-0.1, -0.05) is 6.92 Å². The Morgan fingerprint density at radius 2 is 2.12 bits per heavy atom. The summed E-state index contributed by atoms with van der Waals surface area (Å²) in [5, 5.41) is 3.09. The van der Waals surface area contributed by atoms with Gasteiger partial charge in [-0.05, 0) is 26.2 Å². The molecule has 1 fully saturated rings. The van der Waals surface area contributed by atoms with Gasteiger partial charge in [0.2, 0.25) is 5.88 Å². The molecule has 0 unspecified atom stereocenters. The van der Waals surface area contributed by atoms with Crippen molar-refractivity contribution in [3.05, 3.63) is 11.4 Å². The van der Waals surface area contributed by atoms with Gasteiger partial charge in [-0.3, -0.25) is 0 Å². The summed E-state index contributed by atoms with van der Waals surface area (Å²) in [5.74, 6) is 2.46. The zero-order valence-electron chi connectivity index (χ0n) is 10.2. The van der Waals surface area contributed by atoms with Crippen molar-refractivity contribution in [1.29, 1.82) is 0 Å². The van der Waals surface area contributed by atoms with Crippen LogP contribution in [0.1, 0.15) is 37.6 Å². The summed E-state index contributed by atoms with van der Waals surface area (Å²) in [4.78, 5) is 8.87. The third-order valence-electron chi connectivity index (χ3n) is 3.03. The molecule has 0 atom stereocenters. The van der Waals surface area contributed by atoms with Crippen molar-refractivity contribution in [1.82, 2.24) is 9.97 Å². The number of nitrogens with zero attached hydrogens (tertiary/aromatic N) is 2. The van der Waals surface area contributed by atoms with Gasteiger partial charge in [0.05, 0.1) is 5.56 Å². The SMILES string of the molecule is CCc1nc(NC)c(C)c(OC2CCC2)n1. The molecular weight excluding hydrogens is 202 g/mol. The molecule has 0 aromatic carbocycles. The van der Waals surface area contributed by atoms with Gasteiger partial charge in [0, 0.05) is 13.5 Å². The second kappa shape index (κ2) is 4.68. The van der Waals surface area contributed by atoms with Crippen LogP contribution in [0.25, 0.3) is 0 Å². The standard InChI is InChI=1S/C12H19N3O/c1-4-10-14-11(13-3)8(2)12(15-10)16-9-6-5-7-9/h9H,4-7H2,1-3H3,(H,13,14,15). The third-order valence-corrected chi connectivity index (χ3v) is 3.03. The Morgan fingerprint density at radius 1 is 1.38 bits per heavy atom. The third kappa shape index (κ3) is 2.10. The quantitative estimate of drug-likeness (QED) is 0.847. The van der Waals surface area contributed by atoms with Gasteiger partial charge in [0.1, 0.15) is 17.7 Å². The molecule has 16 heavy (non-hydrogen) atoms. The van der Waals surface area contributed by atoms with E-state index < -0.39 is 0 Å². The molecule has 0 aliphatic heterocycles. The lowest BCUT2D eigenvalue weighted by Crippen LogP contribution is -2.25. The zero-order valence-corrected chi connectivity index (χ0v) is 10.2. The molecule has 1 aliphatic rings. The highest BCUT2D eigenvalue weighted by atomic mass is 16.5. The van der Waals surface area contributed by atoms with Crippen LogP contribution in [-0.2, 0) is 6.42 Å². The topological polar surface area (TPSA) is 47.0 Å². The maximum Gasteiger partial charge on any atom is 0.222 e. The van der Waals surface area contributed by atoms with Gasteiger partial charge in [-0.2, -0.15) is 4.98 Å². The van der Waals surface area contributed by atoms with E-state index in [4.69, 9.17) is 4.74 Å². The second-order valence-corrected chi connectivity index (χ2v) is 4.19. The largest absolute Gasteiger partial charge is 0.474 e. The van der Waals surface area contributed by atoms with Crippen molar-refractivity contribution in [2.75, 3.05) is 12.4 Å². The predicted octanol–water partition coefficient (Wildman–Crippen LogP) is 2.32. The van der Waals surface area contributed by atoms with Crippen LogP contribution in [0.5, 0.6) is 5.88 Å². The average Bonchev–Trinajstić information content (AvgIpc) is 2.25. The average molecular weight is 221 g/mol. The van der Waals surface area contributed by atoms with E-state index in [2.05, 4.69) is 22.2 Å². The van der Waals surface area contributed by atoms with Crippen LogP contribution >= 0.6 is 0 Å². The molecular formula is C12H19N3O. The molecule has 0 bridgehead atoms. The Balaban J connectivity index is 2.25. The van der Waals surface area contributed by atoms with Crippen LogP contribution in [0, 0.1) is 6.92 Å². The smallest absolute Gasteiger partial charge is 0.222 e. The molecule has 4 nitrogen and oxygen atoms in total. The number of aryl methyl sites for hydroxylation is 1. The maximum atomic E-state index is 5.87. The van der Waals surface area contributed by atoms with Crippen LogP contribution in [0.15, 0.2) is 0 Å². The maximum absolute atomic E-state index is 5.87. The van der Waals surface area contributed by atoms with Crippen molar-refractivity contribution in [3.8, 4) is 5.88 Å². The highest BCUT2D eigenvalue weighted by molar-refractivity contribution is 5.48. The van der Waals surface area contributed by atoms with E-state index >= 15 is 0 Å². The van der Waals surface area contributed by atoms with E-state index in [0.717, 1.165) is 42.3 Å². The lowest BCUT2D eigenvalue weighted by molar-refractivity contribution is 0.113. The first kappa shape index (κ1) is 11.2. The fourth-order valence-electron chi connectivity index (χ4n) is 1.70. The molecule has 1 aromatic rings. The lowest BCUT2D eigenvalue weighted by Gasteiger charge is -2.26. The first-order valence-electron chi connectivity index (χ1n) is 5.96. The first-order valence-corrected chi connectivity index (χ1v) is 5.96. The number of hydrogen-bond acceptors (Lipinski definition) is 4. The van der Waals surface area contributed by atoms with Gasteiger partial charge in [-0.25, -0.2) is 4.98 Å². The molecule has 1 saturated carbocycles. The molecule has 2 rings (SSSR count). The monoisotopic (exact) mass is 221 g/mol. The van der Waals surface area contributed by atoms with E-state index in [-0.39, 0.29) is 0 Å². The molecule has 0 spiro atoms. The van der Waals surface area contributed by atoms with E-state index in [9.17, 15) is 0 Å². The fourth-order valence-corrected chi connectivity index (χ4v) is 1.70. The normalized spacial score (nSPS) is 15.7. The number of anilines is 1. The van der Waals surface area contributed by atoms with Crippen molar-refractivity contribution < 1.29 is 4.74 Å². The van der Waals surface area contributed by atoms with Gasteiger partial charge >= 0.3 is 0 Å². The van der Waals surface area contributed by atoms with Gasteiger partial charge < -0.3 is 10.1 Å². The van der Waals surface area contributed by atoms with Crippen LogP contribution < -0.4 is 10.1 Å². The highest BCUT2D eigenvalue weighted by Gasteiger charge is 2.21. The summed E-state index contributed by atoms with van der Waals surface area (Å²) in [5.41, 5.74) is 1.01. The highest BCUT2D eigenvalue weighted by Crippen LogP contribution is 2.28. The molecule has 0 amide bonds. The molecule has 0 saturated heterocycles. The van der Waals surface area contributed by atoms with Crippen LogP contribution in [0.4, 0.5) is 5.82 Å².